The molecular weight excluding hydrogens is 747 g/mol. The Morgan fingerprint density at radius 3 is 1.65 bits per heavy atom. The first kappa shape index (κ1) is 46.7. The Balaban J connectivity index is 0.000000530. The average Bonchev–Trinajstić information content (AvgIpc) is 3.07. The second-order valence-corrected chi connectivity index (χ2v) is 14.2. The minimum Gasteiger partial charge on any atom is -0.479 e. The molecule has 0 aliphatic carbocycles. The summed E-state index contributed by atoms with van der Waals surface area (Å²) in [5, 5.41) is 11.7. The summed E-state index contributed by atoms with van der Waals surface area (Å²) in [6.45, 7) is 11.1. The van der Waals surface area contributed by atoms with Crippen LogP contribution < -0.4 is 20.8 Å². The summed E-state index contributed by atoms with van der Waals surface area (Å²) in [7, 11) is 1.18. The molecule has 0 fully saturated rings. The van der Waals surface area contributed by atoms with E-state index in [9.17, 15) is 18.8 Å². The van der Waals surface area contributed by atoms with Crippen molar-refractivity contribution in [1.29, 1.82) is 0 Å². The second kappa shape index (κ2) is 24.1. The van der Waals surface area contributed by atoms with E-state index in [1.54, 1.807) is 26.8 Å². The monoisotopic (exact) mass is 795 g/mol. The number of carboxylic acids is 1. The third-order valence-corrected chi connectivity index (χ3v) is 8.50. The minimum atomic E-state index is -2.03. The lowest BCUT2D eigenvalue weighted by atomic mass is 9.87. The van der Waals surface area contributed by atoms with Crippen LogP contribution in [-0.4, -0.2) is 111 Å². The predicted octanol–water partition coefficient (Wildman–Crippen LogP) is 6.19. The van der Waals surface area contributed by atoms with Gasteiger partial charge in [-0.2, -0.15) is 0 Å². The first-order valence-corrected chi connectivity index (χ1v) is 18.6. The van der Waals surface area contributed by atoms with Gasteiger partial charge in [-0.3, -0.25) is 0 Å². The summed E-state index contributed by atoms with van der Waals surface area (Å²) < 4.78 is 34.4. The van der Waals surface area contributed by atoms with Crippen molar-refractivity contribution in [1.82, 2.24) is 5.23 Å². The zero-order valence-corrected chi connectivity index (χ0v) is 32.8. The highest BCUT2D eigenvalue weighted by atomic mass is 35.5. The van der Waals surface area contributed by atoms with Gasteiger partial charge in [-0.25, -0.2) is 18.4 Å². The molecule has 0 aliphatic rings. The lowest BCUT2D eigenvalue weighted by molar-refractivity contribution is -0.162. The molecule has 0 bridgehead atoms. The second-order valence-electron chi connectivity index (χ2n) is 12.6. The van der Waals surface area contributed by atoms with Crippen LogP contribution in [0.25, 0.3) is 0 Å². The Kier molecular flexibility index (Phi) is 22.0. The number of anilines is 2. The van der Waals surface area contributed by atoms with Gasteiger partial charge in [0.05, 0.1) is 6.19 Å². The number of nitrogens with zero attached hydrogens (tertiary/aromatic N) is 2. The van der Waals surface area contributed by atoms with Crippen LogP contribution in [0.5, 0.6) is 0 Å². The average molecular weight is 797 g/mol. The molecular formula is C35H50BCl4F2N4O5. The van der Waals surface area contributed by atoms with Crippen molar-refractivity contribution in [2.45, 2.75) is 64.4 Å². The largest absolute Gasteiger partial charge is 0.479 e. The van der Waals surface area contributed by atoms with Crippen molar-refractivity contribution in [2.24, 2.45) is 5.73 Å². The molecule has 51 heavy (non-hydrogen) atoms. The van der Waals surface area contributed by atoms with E-state index < -0.39 is 41.7 Å². The van der Waals surface area contributed by atoms with Gasteiger partial charge >= 0.3 is 11.9 Å². The van der Waals surface area contributed by atoms with E-state index in [2.05, 4.69) is 5.23 Å². The molecule has 1 radical (unpaired) electrons. The highest BCUT2D eigenvalue weighted by molar-refractivity contribution is 6.64. The smallest absolute Gasteiger partial charge is 0.341 e. The molecule has 2 aromatic rings. The van der Waals surface area contributed by atoms with Gasteiger partial charge in [-0.15, -0.1) is 46.4 Å². The highest BCUT2D eigenvalue weighted by Crippen LogP contribution is 2.31. The fourth-order valence-electron chi connectivity index (χ4n) is 5.31. The van der Waals surface area contributed by atoms with Crippen LogP contribution in [0.1, 0.15) is 54.9 Å². The molecule has 2 aromatic carbocycles. The number of alkyl halides is 6. The molecule has 0 saturated carbocycles. The van der Waals surface area contributed by atoms with Gasteiger partial charge in [0.15, 0.2) is 0 Å². The first-order valence-electron chi connectivity index (χ1n) is 16.5. The molecule has 2 rings (SSSR count). The topological polar surface area (TPSA) is 125 Å². The molecule has 16 heteroatoms. The number of ether oxygens (including phenoxy) is 1. The number of esters is 1. The number of carboxylic acid groups (broad SMARTS) is 1. The first-order chi connectivity index (χ1) is 24.1. The number of benzene rings is 2. The van der Waals surface area contributed by atoms with Gasteiger partial charge in [0.25, 0.3) is 7.41 Å². The van der Waals surface area contributed by atoms with E-state index in [0.717, 1.165) is 22.5 Å². The number of rotatable bonds is 21. The molecule has 0 aliphatic heterocycles. The lowest BCUT2D eigenvalue weighted by Gasteiger charge is -2.28. The van der Waals surface area contributed by atoms with Gasteiger partial charge in [0.1, 0.15) is 5.60 Å². The van der Waals surface area contributed by atoms with E-state index in [0.29, 0.717) is 67.0 Å². The van der Waals surface area contributed by atoms with Crippen LogP contribution in [0.4, 0.5) is 20.2 Å². The van der Waals surface area contributed by atoms with Crippen molar-refractivity contribution in [2.75, 3.05) is 72.6 Å². The molecule has 9 nitrogen and oxygen atoms in total. The lowest BCUT2D eigenvalue weighted by Crippen LogP contribution is -2.38. The van der Waals surface area contributed by atoms with E-state index in [-0.39, 0.29) is 13.1 Å². The summed E-state index contributed by atoms with van der Waals surface area (Å²) in [4.78, 5) is 37.9. The van der Waals surface area contributed by atoms with Crippen LogP contribution in [0.15, 0.2) is 36.4 Å². The Morgan fingerprint density at radius 1 is 0.863 bits per heavy atom. The van der Waals surface area contributed by atoms with Crippen LogP contribution in [-0.2, 0) is 19.1 Å². The normalized spacial score (nSPS) is 13.6. The van der Waals surface area contributed by atoms with Gasteiger partial charge in [-0.1, -0.05) is 12.1 Å². The van der Waals surface area contributed by atoms with E-state index in [1.165, 1.54) is 7.41 Å². The molecule has 0 saturated heterocycles. The number of nitrogens with one attached hydrogen (secondary N) is 1. The summed E-state index contributed by atoms with van der Waals surface area (Å²) in [6.07, 6.45) is -3.36. The summed E-state index contributed by atoms with van der Waals surface area (Å²) >= 11 is 23.4. The Hall–Kier alpha value is -2.35. The third-order valence-electron chi connectivity index (χ3n) is 7.82. The fraction of sp³-hybridized carbons (Fsp3) is 0.571. The van der Waals surface area contributed by atoms with Gasteiger partial charge < -0.3 is 35.4 Å². The molecule has 4 unspecified atom stereocenters. The van der Waals surface area contributed by atoms with Crippen molar-refractivity contribution in [3.8, 4) is 0 Å². The maximum absolute atomic E-state index is 15.2. The number of carbonyl (C=O) groups is 3. The van der Waals surface area contributed by atoms with Gasteiger partial charge in [0, 0.05) is 79.5 Å². The molecule has 4 N–H and O–H groups in total. The number of aliphatic carboxylic acids is 1. The van der Waals surface area contributed by atoms with Crippen molar-refractivity contribution in [3.63, 3.8) is 0 Å². The Labute approximate surface area is 321 Å². The molecule has 285 valence electrons. The number of halogens is 6. The summed E-state index contributed by atoms with van der Waals surface area (Å²) in [5.41, 5.74) is 9.35. The number of aryl methyl sites for hydroxylation is 2. The van der Waals surface area contributed by atoms with E-state index >= 15 is 4.39 Å². The summed E-state index contributed by atoms with van der Waals surface area (Å²) in [6, 6.07) is 11.1. The van der Waals surface area contributed by atoms with E-state index in [1.807, 2.05) is 54.0 Å². The van der Waals surface area contributed by atoms with Crippen molar-refractivity contribution >= 4 is 83.3 Å². The Bertz CT molecular complexity index is 1370. The van der Waals surface area contributed by atoms with Crippen molar-refractivity contribution in [3.05, 3.63) is 58.7 Å². The molecule has 0 heterocycles. The van der Waals surface area contributed by atoms with Gasteiger partial charge in [-0.05, 0) is 87.7 Å². The van der Waals surface area contributed by atoms with Crippen LogP contribution in [0, 0.1) is 13.8 Å². The SMILES string of the molecule is Cc1ccc(N(CCCl)CCCl)cc1C(CN)C(F)C(=O)O.Cc1ccc(N(CCCl)CCCl)cc1C(CN[B]C=O)C(F)C(=O)OC(C)(C)C. The molecule has 0 amide bonds. The van der Waals surface area contributed by atoms with Crippen LogP contribution >= 0.6 is 46.4 Å². The molecule has 4 atom stereocenters. The number of hydrogen-bond acceptors (Lipinski definition) is 8. The molecule has 0 aromatic heterocycles. The quantitative estimate of drug-likeness (QED) is 0.0447. The van der Waals surface area contributed by atoms with Crippen molar-refractivity contribution < 1.29 is 33.0 Å². The van der Waals surface area contributed by atoms with E-state index in [4.69, 9.17) is 62.0 Å². The van der Waals surface area contributed by atoms with Gasteiger partial charge in [0.2, 0.25) is 12.3 Å². The maximum atomic E-state index is 15.2. The minimum absolute atomic E-state index is 0.0639. The Morgan fingerprint density at radius 2 is 1.29 bits per heavy atom. The highest BCUT2D eigenvalue weighted by Gasteiger charge is 2.34. The number of carbonyl (C=O) groups excluding carboxylic acids is 2. The zero-order chi connectivity index (χ0) is 38.7. The zero-order valence-electron chi connectivity index (χ0n) is 29.8. The predicted molar refractivity (Wildman–Crippen MR) is 208 cm³/mol. The van der Waals surface area contributed by atoms with Crippen LogP contribution in [0.2, 0.25) is 0 Å². The molecule has 0 spiro atoms. The maximum Gasteiger partial charge on any atom is 0.341 e. The van der Waals surface area contributed by atoms with Crippen LogP contribution in [0.3, 0.4) is 0 Å². The summed E-state index contributed by atoms with van der Waals surface area (Å²) in [5.74, 6) is -2.45. The third kappa shape index (κ3) is 15.7. The fourth-order valence-corrected chi connectivity index (χ4v) is 6.13. The number of nitrogens with two attached hydrogens (primary N) is 1. The standard InChI is InChI=1S/C20H29BCl2FN2O3.C15H21Cl2FN2O2/c1-14-5-6-15(26(9-7-22)10-8-23)11-16(14)17(12-25-21-13-27)18(24)19(28)29-20(2,3)4;1-10-2-3-11(20(6-4-16)7-5-17)8-12(10)13(9-19)14(18)15(21)22/h5-6,11,13,17-18,25H,7-10,12H2,1-4H3;2-3,8,13-14H,4-7,9,19H2,1H3,(H,21,22). The number of hydrogen-bond donors (Lipinski definition) is 3.